The van der Waals surface area contributed by atoms with E-state index in [9.17, 15) is 13.2 Å². The highest BCUT2D eigenvalue weighted by Crippen LogP contribution is 2.24. The number of hydrogen-bond donors (Lipinski definition) is 2. The number of carbonyl (C=O) groups is 1. The Balaban J connectivity index is 1.77. The summed E-state index contributed by atoms with van der Waals surface area (Å²) in [5, 5.41) is 5.21. The molecule has 3 aromatic rings. The Labute approximate surface area is 165 Å². The SMILES string of the molecule is CC(C)NS(=O)(=O)c1ccc(C(=O)NC(C)c2cccc3ccccc23)cc1. The van der Waals surface area contributed by atoms with Crippen molar-refractivity contribution in [3.8, 4) is 0 Å². The van der Waals surface area contributed by atoms with Crippen LogP contribution in [-0.2, 0) is 10.0 Å². The number of nitrogens with one attached hydrogen (secondary N) is 2. The van der Waals surface area contributed by atoms with Crippen LogP contribution in [0.4, 0.5) is 0 Å². The highest BCUT2D eigenvalue weighted by Gasteiger charge is 2.17. The van der Waals surface area contributed by atoms with Gasteiger partial charge < -0.3 is 5.32 Å². The summed E-state index contributed by atoms with van der Waals surface area (Å²) in [5.74, 6) is -0.249. The fourth-order valence-corrected chi connectivity index (χ4v) is 4.40. The lowest BCUT2D eigenvalue weighted by Crippen LogP contribution is -2.30. The molecule has 0 saturated carbocycles. The van der Waals surface area contributed by atoms with Crippen LogP contribution in [0.15, 0.2) is 71.6 Å². The van der Waals surface area contributed by atoms with Gasteiger partial charge in [-0.1, -0.05) is 42.5 Å². The molecule has 5 nitrogen and oxygen atoms in total. The summed E-state index contributed by atoms with van der Waals surface area (Å²) < 4.78 is 26.9. The molecule has 0 aliphatic rings. The van der Waals surface area contributed by atoms with Gasteiger partial charge >= 0.3 is 0 Å². The molecule has 0 heterocycles. The number of rotatable bonds is 6. The summed E-state index contributed by atoms with van der Waals surface area (Å²) >= 11 is 0. The number of amides is 1. The van der Waals surface area contributed by atoms with E-state index in [2.05, 4.69) is 10.0 Å². The molecule has 0 spiro atoms. The third-order valence-electron chi connectivity index (χ3n) is 4.46. The minimum atomic E-state index is -3.57. The molecular formula is C22H24N2O3S. The molecule has 0 radical (unpaired) electrons. The Hall–Kier alpha value is -2.70. The zero-order valence-corrected chi connectivity index (χ0v) is 17.0. The van der Waals surface area contributed by atoms with Crippen molar-refractivity contribution >= 4 is 26.7 Å². The Kier molecular flexibility index (Phi) is 5.82. The van der Waals surface area contributed by atoms with Crippen molar-refractivity contribution < 1.29 is 13.2 Å². The molecule has 0 bridgehead atoms. The van der Waals surface area contributed by atoms with Crippen molar-refractivity contribution in [1.29, 1.82) is 0 Å². The van der Waals surface area contributed by atoms with E-state index in [1.165, 1.54) is 24.3 Å². The van der Waals surface area contributed by atoms with Gasteiger partial charge in [0, 0.05) is 11.6 Å². The van der Waals surface area contributed by atoms with Gasteiger partial charge in [0.1, 0.15) is 0 Å². The molecule has 1 atom stereocenters. The number of fused-ring (bicyclic) bond motifs is 1. The van der Waals surface area contributed by atoms with E-state index in [-0.39, 0.29) is 22.9 Å². The second kappa shape index (κ2) is 8.12. The highest BCUT2D eigenvalue weighted by molar-refractivity contribution is 7.89. The van der Waals surface area contributed by atoms with E-state index in [4.69, 9.17) is 0 Å². The van der Waals surface area contributed by atoms with Gasteiger partial charge in [0.15, 0.2) is 0 Å². The average Bonchev–Trinajstić information content (AvgIpc) is 2.66. The van der Waals surface area contributed by atoms with Gasteiger partial charge in [-0.25, -0.2) is 13.1 Å². The maximum Gasteiger partial charge on any atom is 0.251 e. The van der Waals surface area contributed by atoms with E-state index in [0.29, 0.717) is 5.56 Å². The lowest BCUT2D eigenvalue weighted by atomic mass is 9.99. The maximum atomic E-state index is 12.6. The zero-order valence-electron chi connectivity index (χ0n) is 16.1. The number of sulfonamides is 1. The largest absolute Gasteiger partial charge is 0.345 e. The Morgan fingerprint density at radius 1 is 0.857 bits per heavy atom. The van der Waals surface area contributed by atoms with Gasteiger partial charge in [0.05, 0.1) is 10.9 Å². The smallest absolute Gasteiger partial charge is 0.251 e. The Morgan fingerprint density at radius 3 is 2.18 bits per heavy atom. The van der Waals surface area contributed by atoms with Crippen LogP contribution in [0.25, 0.3) is 10.8 Å². The zero-order chi connectivity index (χ0) is 20.3. The molecule has 1 unspecified atom stereocenters. The number of hydrogen-bond acceptors (Lipinski definition) is 3. The lowest BCUT2D eigenvalue weighted by Gasteiger charge is -2.17. The molecule has 6 heteroatoms. The van der Waals surface area contributed by atoms with Crippen molar-refractivity contribution in [2.24, 2.45) is 0 Å². The minimum absolute atomic E-state index is 0.139. The van der Waals surface area contributed by atoms with E-state index < -0.39 is 10.0 Å². The average molecular weight is 397 g/mol. The van der Waals surface area contributed by atoms with Gasteiger partial charge in [-0.3, -0.25) is 4.79 Å². The van der Waals surface area contributed by atoms with Crippen molar-refractivity contribution in [3.05, 3.63) is 77.9 Å². The molecule has 3 aromatic carbocycles. The molecule has 28 heavy (non-hydrogen) atoms. The number of carbonyl (C=O) groups excluding carboxylic acids is 1. The predicted molar refractivity (Wildman–Crippen MR) is 112 cm³/mol. The third-order valence-corrected chi connectivity index (χ3v) is 6.13. The topological polar surface area (TPSA) is 75.3 Å². The van der Waals surface area contributed by atoms with Crippen LogP contribution >= 0.6 is 0 Å². The Bertz CT molecular complexity index is 1080. The second-order valence-electron chi connectivity index (χ2n) is 7.06. The molecule has 0 saturated heterocycles. The van der Waals surface area contributed by atoms with Crippen LogP contribution in [0.2, 0.25) is 0 Å². The molecule has 0 aliphatic carbocycles. The van der Waals surface area contributed by atoms with E-state index >= 15 is 0 Å². The predicted octanol–water partition coefficient (Wildman–Crippen LogP) is 4.02. The molecule has 146 valence electrons. The van der Waals surface area contributed by atoms with Crippen LogP contribution in [0.5, 0.6) is 0 Å². The molecule has 1 amide bonds. The van der Waals surface area contributed by atoms with Crippen molar-refractivity contribution in [2.75, 3.05) is 0 Å². The van der Waals surface area contributed by atoms with Crippen molar-refractivity contribution in [1.82, 2.24) is 10.0 Å². The van der Waals surface area contributed by atoms with Crippen LogP contribution in [0.3, 0.4) is 0 Å². The highest BCUT2D eigenvalue weighted by atomic mass is 32.2. The molecule has 0 aliphatic heterocycles. The van der Waals surface area contributed by atoms with Crippen LogP contribution in [0, 0.1) is 0 Å². The quantitative estimate of drug-likeness (QED) is 0.661. The van der Waals surface area contributed by atoms with Crippen molar-refractivity contribution in [2.45, 2.75) is 37.8 Å². The van der Waals surface area contributed by atoms with Crippen LogP contribution in [-0.4, -0.2) is 20.4 Å². The van der Waals surface area contributed by atoms with E-state index in [1.807, 2.05) is 49.4 Å². The normalized spacial score (nSPS) is 12.9. The maximum absolute atomic E-state index is 12.6. The summed E-state index contributed by atoms with van der Waals surface area (Å²) in [5.41, 5.74) is 1.45. The van der Waals surface area contributed by atoms with Crippen LogP contribution < -0.4 is 10.0 Å². The third kappa shape index (κ3) is 4.40. The fraction of sp³-hybridized carbons (Fsp3) is 0.227. The molecular weight excluding hydrogens is 372 g/mol. The summed E-state index contributed by atoms with van der Waals surface area (Å²) in [6.07, 6.45) is 0. The first-order valence-electron chi connectivity index (χ1n) is 9.19. The molecule has 2 N–H and O–H groups in total. The molecule has 0 fully saturated rings. The number of benzene rings is 3. The summed E-state index contributed by atoms with van der Waals surface area (Å²) in [6.45, 7) is 5.45. The minimum Gasteiger partial charge on any atom is -0.345 e. The summed E-state index contributed by atoms with van der Waals surface area (Å²) in [7, 11) is -3.57. The standard InChI is InChI=1S/C22H24N2O3S/c1-15(2)24-28(26,27)19-13-11-18(12-14-19)22(25)23-16(3)20-10-6-8-17-7-4-5-9-21(17)20/h4-16,24H,1-3H3,(H,23,25). The Morgan fingerprint density at radius 2 is 1.50 bits per heavy atom. The van der Waals surface area contributed by atoms with Gasteiger partial charge in [0.25, 0.3) is 5.91 Å². The first-order chi connectivity index (χ1) is 13.3. The van der Waals surface area contributed by atoms with Crippen LogP contribution in [0.1, 0.15) is 42.7 Å². The monoisotopic (exact) mass is 396 g/mol. The first-order valence-corrected chi connectivity index (χ1v) is 10.7. The van der Waals surface area contributed by atoms with Gasteiger partial charge in [-0.2, -0.15) is 0 Å². The second-order valence-corrected chi connectivity index (χ2v) is 8.78. The van der Waals surface area contributed by atoms with Crippen molar-refractivity contribution in [3.63, 3.8) is 0 Å². The van der Waals surface area contributed by atoms with Gasteiger partial charge in [-0.05, 0) is 61.4 Å². The lowest BCUT2D eigenvalue weighted by molar-refractivity contribution is 0.0940. The van der Waals surface area contributed by atoms with Gasteiger partial charge in [0.2, 0.25) is 10.0 Å². The summed E-state index contributed by atoms with van der Waals surface area (Å²) in [6, 6.07) is 19.6. The first kappa shape index (κ1) is 20.0. The fourth-order valence-electron chi connectivity index (χ4n) is 3.15. The molecule has 3 rings (SSSR count). The summed E-state index contributed by atoms with van der Waals surface area (Å²) in [4.78, 5) is 12.8. The van der Waals surface area contributed by atoms with E-state index in [1.54, 1.807) is 13.8 Å². The van der Waals surface area contributed by atoms with Gasteiger partial charge in [-0.15, -0.1) is 0 Å². The molecule has 0 aromatic heterocycles. The van der Waals surface area contributed by atoms with E-state index in [0.717, 1.165) is 16.3 Å².